The van der Waals surface area contributed by atoms with Gasteiger partial charge in [0.05, 0.1) is 25.8 Å². The molecule has 0 radical (unpaired) electrons. The van der Waals surface area contributed by atoms with Crippen LogP contribution in [-0.2, 0) is 9.53 Å². The fourth-order valence-electron chi connectivity index (χ4n) is 4.39. The van der Waals surface area contributed by atoms with Crippen LogP contribution in [0.1, 0.15) is 46.3 Å². The van der Waals surface area contributed by atoms with Crippen molar-refractivity contribution in [2.24, 2.45) is 0 Å². The molecule has 1 aromatic heterocycles. The Morgan fingerprint density at radius 1 is 0.970 bits per heavy atom. The Morgan fingerprint density at radius 3 is 2.36 bits per heavy atom. The van der Waals surface area contributed by atoms with Gasteiger partial charge in [-0.15, -0.1) is 0 Å². The van der Waals surface area contributed by atoms with Crippen LogP contribution in [-0.4, -0.2) is 36.3 Å². The number of ketones is 1. The van der Waals surface area contributed by atoms with Gasteiger partial charge in [0.25, 0.3) is 0 Å². The van der Waals surface area contributed by atoms with E-state index in [9.17, 15) is 9.59 Å². The van der Waals surface area contributed by atoms with Crippen molar-refractivity contribution in [1.82, 2.24) is 10.3 Å². The maximum Gasteiger partial charge on any atom is 0.337 e. The first kappa shape index (κ1) is 20.7. The van der Waals surface area contributed by atoms with E-state index in [2.05, 4.69) is 20.9 Å². The molecular formula is C24H22N4O5. The van der Waals surface area contributed by atoms with Gasteiger partial charge in [0.1, 0.15) is 5.75 Å². The third kappa shape index (κ3) is 3.82. The summed E-state index contributed by atoms with van der Waals surface area (Å²) in [5, 5.41) is 14.4. The number of allylic oxidation sites excluding steroid dienone is 1. The van der Waals surface area contributed by atoms with E-state index in [4.69, 9.17) is 14.1 Å². The van der Waals surface area contributed by atoms with Crippen molar-refractivity contribution in [3.05, 3.63) is 76.5 Å². The zero-order valence-electron chi connectivity index (χ0n) is 18.1. The Bertz CT molecular complexity index is 1230. The molecule has 3 aromatic rings. The number of carbonyl (C=O) groups is 2. The van der Waals surface area contributed by atoms with Gasteiger partial charge < -0.3 is 20.1 Å². The van der Waals surface area contributed by atoms with Gasteiger partial charge in [-0.1, -0.05) is 24.3 Å². The number of aromatic nitrogens is 2. The highest BCUT2D eigenvalue weighted by Crippen LogP contribution is 2.43. The Labute approximate surface area is 189 Å². The van der Waals surface area contributed by atoms with E-state index >= 15 is 0 Å². The molecule has 0 fully saturated rings. The van der Waals surface area contributed by atoms with Gasteiger partial charge >= 0.3 is 5.97 Å². The molecule has 9 nitrogen and oxygen atoms in total. The average molecular weight is 446 g/mol. The summed E-state index contributed by atoms with van der Waals surface area (Å²) in [5.41, 5.74) is 3.71. The molecule has 2 aromatic carbocycles. The van der Waals surface area contributed by atoms with Gasteiger partial charge in [0.15, 0.2) is 5.78 Å². The molecule has 33 heavy (non-hydrogen) atoms. The topological polar surface area (TPSA) is 116 Å². The standard InChI is InChI=1S/C24H22N4O5/c1-31-17-9-7-13(8-10-17)16-11-18-20(19(29)12-16)21(26-23-22(25-18)27-33-28-23)14-3-5-15(6-4-14)24(30)32-2/h3-10,16,21H,11-12H2,1-2H3,(H,25,27)(H,26,28)/t16-,21+/m0/s1. The highest BCUT2D eigenvalue weighted by molar-refractivity contribution is 6.01. The number of hydrogen-bond donors (Lipinski definition) is 2. The van der Waals surface area contributed by atoms with Crippen LogP contribution in [0.15, 0.2) is 64.4 Å². The first-order chi connectivity index (χ1) is 16.1. The van der Waals surface area contributed by atoms with Crippen molar-refractivity contribution in [2.45, 2.75) is 24.8 Å². The molecule has 9 heteroatoms. The summed E-state index contributed by atoms with van der Waals surface area (Å²) in [6.45, 7) is 0. The molecule has 0 amide bonds. The van der Waals surface area contributed by atoms with Crippen molar-refractivity contribution in [2.75, 3.05) is 24.9 Å². The molecule has 0 bridgehead atoms. The third-order valence-corrected chi connectivity index (χ3v) is 6.09. The SMILES string of the molecule is COC(=O)c1ccc([C@H]2Nc3nonc3NC3=C2C(=O)C[C@@H](c2ccc(OC)cc2)C3)cc1. The summed E-state index contributed by atoms with van der Waals surface area (Å²) < 4.78 is 14.9. The molecule has 2 heterocycles. The van der Waals surface area contributed by atoms with Crippen LogP contribution < -0.4 is 15.4 Å². The molecule has 1 aliphatic heterocycles. The van der Waals surface area contributed by atoms with Crippen molar-refractivity contribution in [3.8, 4) is 5.75 Å². The summed E-state index contributed by atoms with van der Waals surface area (Å²) in [6.07, 6.45) is 0.999. The lowest BCUT2D eigenvalue weighted by Crippen LogP contribution is -2.27. The summed E-state index contributed by atoms with van der Waals surface area (Å²) in [5.74, 6) is 1.24. The van der Waals surface area contributed by atoms with E-state index in [1.165, 1.54) is 7.11 Å². The van der Waals surface area contributed by atoms with Crippen molar-refractivity contribution < 1.29 is 23.7 Å². The molecule has 0 saturated carbocycles. The second-order valence-corrected chi connectivity index (χ2v) is 7.97. The van der Waals surface area contributed by atoms with Crippen LogP contribution in [0.5, 0.6) is 5.75 Å². The first-order valence-electron chi connectivity index (χ1n) is 10.5. The molecule has 2 atom stereocenters. The monoisotopic (exact) mass is 446 g/mol. The Hall–Kier alpha value is -4.14. The van der Waals surface area contributed by atoms with E-state index in [-0.39, 0.29) is 11.7 Å². The van der Waals surface area contributed by atoms with Gasteiger partial charge in [0, 0.05) is 17.7 Å². The van der Waals surface area contributed by atoms with Crippen LogP contribution in [0, 0.1) is 0 Å². The molecule has 0 unspecified atom stereocenters. The lowest BCUT2D eigenvalue weighted by Gasteiger charge is -2.29. The predicted molar refractivity (Wildman–Crippen MR) is 119 cm³/mol. The molecule has 0 spiro atoms. The van der Waals surface area contributed by atoms with E-state index in [1.807, 2.05) is 24.3 Å². The van der Waals surface area contributed by atoms with Crippen molar-refractivity contribution >= 4 is 23.4 Å². The molecule has 2 aliphatic rings. The number of anilines is 2. The lowest BCUT2D eigenvalue weighted by atomic mass is 9.78. The van der Waals surface area contributed by atoms with Gasteiger partial charge in [-0.3, -0.25) is 4.79 Å². The summed E-state index contributed by atoms with van der Waals surface area (Å²) >= 11 is 0. The number of rotatable bonds is 4. The highest BCUT2D eigenvalue weighted by atomic mass is 16.6. The van der Waals surface area contributed by atoms with Gasteiger partial charge in [-0.2, -0.15) is 0 Å². The number of hydrogen-bond acceptors (Lipinski definition) is 9. The van der Waals surface area contributed by atoms with Gasteiger partial charge in [-0.25, -0.2) is 9.42 Å². The smallest absolute Gasteiger partial charge is 0.337 e. The van der Waals surface area contributed by atoms with Gasteiger partial charge in [-0.05, 0) is 58.0 Å². The normalized spacial score (nSPS) is 19.5. The number of methoxy groups -OCH3 is 2. The molecular weight excluding hydrogens is 424 g/mol. The van der Waals surface area contributed by atoms with E-state index < -0.39 is 12.0 Å². The van der Waals surface area contributed by atoms with Crippen LogP contribution >= 0.6 is 0 Å². The Morgan fingerprint density at radius 2 is 1.67 bits per heavy atom. The number of benzene rings is 2. The summed E-state index contributed by atoms with van der Waals surface area (Å²) in [6, 6.07) is 14.3. The molecule has 5 rings (SSSR count). The largest absolute Gasteiger partial charge is 0.497 e. The van der Waals surface area contributed by atoms with E-state index in [1.54, 1.807) is 31.4 Å². The number of ether oxygens (including phenoxy) is 2. The molecule has 2 N–H and O–H groups in total. The van der Waals surface area contributed by atoms with Crippen LogP contribution in [0.3, 0.4) is 0 Å². The Kier molecular flexibility index (Phi) is 5.29. The van der Waals surface area contributed by atoms with Crippen molar-refractivity contribution in [1.29, 1.82) is 0 Å². The fraction of sp³-hybridized carbons (Fsp3) is 0.250. The number of nitrogens with one attached hydrogen (secondary N) is 2. The third-order valence-electron chi connectivity index (χ3n) is 6.09. The zero-order valence-corrected chi connectivity index (χ0v) is 18.1. The minimum Gasteiger partial charge on any atom is -0.497 e. The second kappa shape index (κ2) is 8.42. The predicted octanol–water partition coefficient (Wildman–Crippen LogP) is 3.84. The number of esters is 1. The molecule has 1 aliphatic carbocycles. The minimum atomic E-state index is -0.475. The first-order valence-corrected chi connectivity index (χ1v) is 10.5. The number of Topliss-reactive ketones (excluding diaryl/α,β-unsaturated/α-hetero) is 1. The summed E-state index contributed by atoms with van der Waals surface area (Å²) in [4.78, 5) is 25.3. The maximum absolute atomic E-state index is 13.5. The molecule has 0 saturated heterocycles. The van der Waals surface area contributed by atoms with E-state index in [0.29, 0.717) is 35.6 Å². The van der Waals surface area contributed by atoms with E-state index in [0.717, 1.165) is 22.6 Å². The minimum absolute atomic E-state index is 0.0124. The Balaban J connectivity index is 1.53. The maximum atomic E-state index is 13.5. The zero-order chi connectivity index (χ0) is 22.9. The highest BCUT2D eigenvalue weighted by Gasteiger charge is 2.37. The second-order valence-electron chi connectivity index (χ2n) is 7.97. The van der Waals surface area contributed by atoms with Crippen LogP contribution in [0.4, 0.5) is 11.6 Å². The number of carbonyl (C=O) groups excluding carboxylic acids is 2. The number of nitrogens with zero attached hydrogens (tertiary/aromatic N) is 2. The van der Waals surface area contributed by atoms with Gasteiger partial charge in [0.2, 0.25) is 11.6 Å². The molecule has 168 valence electrons. The average Bonchev–Trinajstić information content (AvgIpc) is 3.22. The fourth-order valence-corrected chi connectivity index (χ4v) is 4.39. The quantitative estimate of drug-likeness (QED) is 0.577. The van der Waals surface area contributed by atoms with Crippen molar-refractivity contribution in [3.63, 3.8) is 0 Å². The summed E-state index contributed by atoms with van der Waals surface area (Å²) in [7, 11) is 2.96. The van der Waals surface area contributed by atoms with Crippen LogP contribution in [0.2, 0.25) is 0 Å². The lowest BCUT2D eigenvalue weighted by molar-refractivity contribution is -0.116. The number of fused-ring (bicyclic) bond motifs is 1. The van der Waals surface area contributed by atoms with Crippen LogP contribution in [0.25, 0.3) is 0 Å².